The van der Waals surface area contributed by atoms with Crippen LogP contribution < -0.4 is 10.6 Å². The van der Waals surface area contributed by atoms with Gasteiger partial charge in [0.2, 0.25) is 5.91 Å². The number of anilines is 1. The van der Waals surface area contributed by atoms with Gasteiger partial charge in [-0.15, -0.1) is 0 Å². The van der Waals surface area contributed by atoms with Crippen molar-refractivity contribution in [3.63, 3.8) is 0 Å². The van der Waals surface area contributed by atoms with Crippen LogP contribution in [-0.4, -0.2) is 42.5 Å². The van der Waals surface area contributed by atoms with Gasteiger partial charge >= 0.3 is 0 Å². The summed E-state index contributed by atoms with van der Waals surface area (Å²) in [6.07, 6.45) is 0.902. The Morgan fingerprint density at radius 2 is 2.30 bits per heavy atom. The number of hydrogen-bond donors (Lipinski definition) is 2. The second kappa shape index (κ2) is 6.22. The van der Waals surface area contributed by atoms with Gasteiger partial charge in [-0.1, -0.05) is 6.07 Å². The van der Waals surface area contributed by atoms with E-state index in [4.69, 9.17) is 0 Å². The highest BCUT2D eigenvalue weighted by molar-refractivity contribution is 5.82. The lowest BCUT2D eigenvalue weighted by Gasteiger charge is -2.22. The summed E-state index contributed by atoms with van der Waals surface area (Å²) >= 11 is 0. The van der Waals surface area contributed by atoms with Crippen molar-refractivity contribution in [1.29, 1.82) is 0 Å². The van der Waals surface area contributed by atoms with Gasteiger partial charge in [-0.25, -0.2) is 4.98 Å². The molecule has 1 aliphatic heterocycles. The van der Waals surface area contributed by atoms with Crippen LogP contribution in [0, 0.1) is 5.41 Å². The highest BCUT2D eigenvalue weighted by atomic mass is 16.2. The highest BCUT2D eigenvalue weighted by Crippen LogP contribution is 2.30. The first-order valence-corrected chi connectivity index (χ1v) is 7.22. The summed E-state index contributed by atoms with van der Waals surface area (Å²) in [5, 5.41) is 5.99. The molecule has 1 aromatic heterocycles. The zero-order valence-electron chi connectivity index (χ0n) is 12.6. The second-order valence-electron chi connectivity index (χ2n) is 5.64. The lowest BCUT2D eigenvalue weighted by Crippen LogP contribution is -2.39. The minimum Gasteiger partial charge on any atom is -0.370 e. The third-order valence-corrected chi connectivity index (χ3v) is 3.88. The van der Waals surface area contributed by atoms with E-state index in [1.807, 2.05) is 25.1 Å². The van der Waals surface area contributed by atoms with Crippen LogP contribution in [0.5, 0.6) is 0 Å². The van der Waals surface area contributed by atoms with Crippen molar-refractivity contribution >= 4 is 11.7 Å². The summed E-state index contributed by atoms with van der Waals surface area (Å²) in [7, 11) is 1.71. The number of likely N-dealkylation sites (tertiary alicyclic amines) is 1. The lowest BCUT2D eigenvalue weighted by atomic mass is 9.89. The topological polar surface area (TPSA) is 57.3 Å². The Bertz CT molecular complexity index is 477. The molecule has 1 unspecified atom stereocenters. The predicted molar refractivity (Wildman–Crippen MR) is 80.5 cm³/mol. The van der Waals surface area contributed by atoms with E-state index in [2.05, 4.69) is 27.4 Å². The van der Waals surface area contributed by atoms with Gasteiger partial charge in [0.05, 0.1) is 11.1 Å². The third-order valence-electron chi connectivity index (χ3n) is 3.88. The molecule has 1 aliphatic rings. The van der Waals surface area contributed by atoms with Gasteiger partial charge in [0.25, 0.3) is 0 Å². The molecular formula is C15H24N4O. The summed E-state index contributed by atoms with van der Waals surface area (Å²) < 4.78 is 0. The van der Waals surface area contributed by atoms with Gasteiger partial charge in [-0.05, 0) is 38.9 Å². The first kappa shape index (κ1) is 14.8. The Labute approximate surface area is 120 Å². The summed E-state index contributed by atoms with van der Waals surface area (Å²) in [5.74, 6) is 1.05. The Kier molecular flexibility index (Phi) is 4.60. The zero-order valence-corrected chi connectivity index (χ0v) is 12.6. The molecule has 5 heteroatoms. The molecule has 1 atom stereocenters. The number of carbonyl (C=O) groups excluding carboxylic acids is 1. The van der Waals surface area contributed by atoms with Crippen molar-refractivity contribution in [3.8, 4) is 0 Å². The Morgan fingerprint density at radius 1 is 1.50 bits per heavy atom. The van der Waals surface area contributed by atoms with Crippen molar-refractivity contribution in [2.75, 3.05) is 32.0 Å². The highest BCUT2D eigenvalue weighted by Gasteiger charge is 2.39. The Morgan fingerprint density at radius 3 is 3.00 bits per heavy atom. The quantitative estimate of drug-likeness (QED) is 0.855. The molecule has 0 radical (unpaired) electrons. The molecule has 110 valence electrons. The van der Waals surface area contributed by atoms with Crippen molar-refractivity contribution in [2.45, 2.75) is 26.8 Å². The molecule has 0 spiro atoms. The number of aromatic nitrogens is 1. The largest absolute Gasteiger partial charge is 0.370 e. The predicted octanol–water partition coefficient (Wildman–Crippen LogP) is 1.47. The Hall–Kier alpha value is -1.62. The van der Waals surface area contributed by atoms with Crippen molar-refractivity contribution < 1.29 is 4.79 Å². The van der Waals surface area contributed by atoms with Gasteiger partial charge in [-0.3, -0.25) is 9.69 Å². The van der Waals surface area contributed by atoms with E-state index in [1.54, 1.807) is 7.05 Å². The fourth-order valence-corrected chi connectivity index (χ4v) is 2.75. The van der Waals surface area contributed by atoms with Gasteiger partial charge in [0.1, 0.15) is 5.82 Å². The number of rotatable bonds is 5. The molecule has 1 saturated heterocycles. The fraction of sp³-hybridized carbons (Fsp3) is 0.600. The lowest BCUT2D eigenvalue weighted by molar-refractivity contribution is -0.129. The molecule has 0 aliphatic carbocycles. The molecule has 0 bridgehead atoms. The zero-order chi connectivity index (χ0) is 14.6. The normalized spacial score (nSPS) is 22.8. The van der Waals surface area contributed by atoms with Crippen LogP contribution in [0.25, 0.3) is 0 Å². The van der Waals surface area contributed by atoms with Crippen LogP contribution in [0.15, 0.2) is 18.2 Å². The summed E-state index contributed by atoms with van der Waals surface area (Å²) in [6.45, 7) is 7.50. The van der Waals surface area contributed by atoms with Gasteiger partial charge in [-0.2, -0.15) is 0 Å². The summed E-state index contributed by atoms with van der Waals surface area (Å²) in [6, 6.07) is 6.04. The van der Waals surface area contributed by atoms with Crippen LogP contribution in [0.4, 0.5) is 5.82 Å². The molecular weight excluding hydrogens is 252 g/mol. The van der Waals surface area contributed by atoms with Crippen molar-refractivity contribution in [2.24, 2.45) is 5.41 Å². The first-order valence-electron chi connectivity index (χ1n) is 7.22. The molecule has 20 heavy (non-hydrogen) atoms. The second-order valence-corrected chi connectivity index (χ2v) is 5.64. The summed E-state index contributed by atoms with van der Waals surface area (Å²) in [4.78, 5) is 18.8. The van der Waals surface area contributed by atoms with Crippen molar-refractivity contribution in [1.82, 2.24) is 15.2 Å². The number of nitrogens with one attached hydrogen (secondary N) is 2. The molecule has 1 amide bonds. The number of pyridine rings is 1. The standard InChI is InChI=1S/C15H24N4O/c1-4-17-13-7-5-6-12(18-13)10-19-9-8-15(2,11-19)14(20)16-3/h5-7H,4,8-11H2,1-3H3,(H,16,20)(H,17,18). The molecule has 1 aromatic rings. The number of nitrogens with zero attached hydrogens (tertiary/aromatic N) is 2. The average molecular weight is 276 g/mol. The van der Waals surface area contributed by atoms with Crippen LogP contribution in [0.2, 0.25) is 0 Å². The van der Waals surface area contributed by atoms with Crippen LogP contribution in [0.1, 0.15) is 26.0 Å². The van der Waals surface area contributed by atoms with E-state index in [0.717, 1.165) is 44.1 Å². The van der Waals surface area contributed by atoms with Crippen molar-refractivity contribution in [3.05, 3.63) is 23.9 Å². The van der Waals surface area contributed by atoms with Gasteiger partial charge in [0.15, 0.2) is 0 Å². The minimum atomic E-state index is -0.270. The minimum absolute atomic E-state index is 0.134. The van der Waals surface area contributed by atoms with Crippen LogP contribution in [0.3, 0.4) is 0 Å². The number of hydrogen-bond acceptors (Lipinski definition) is 4. The molecule has 1 fully saturated rings. The first-order chi connectivity index (χ1) is 9.57. The molecule has 0 saturated carbocycles. The number of carbonyl (C=O) groups is 1. The fourth-order valence-electron chi connectivity index (χ4n) is 2.75. The van der Waals surface area contributed by atoms with E-state index in [-0.39, 0.29) is 11.3 Å². The molecule has 2 heterocycles. The van der Waals surface area contributed by atoms with E-state index < -0.39 is 0 Å². The maximum Gasteiger partial charge on any atom is 0.227 e. The van der Waals surface area contributed by atoms with E-state index in [9.17, 15) is 4.79 Å². The maximum absolute atomic E-state index is 11.9. The van der Waals surface area contributed by atoms with Gasteiger partial charge in [0, 0.05) is 26.7 Å². The van der Waals surface area contributed by atoms with E-state index >= 15 is 0 Å². The van der Waals surface area contributed by atoms with Crippen LogP contribution >= 0.6 is 0 Å². The average Bonchev–Trinajstić information content (AvgIpc) is 2.81. The van der Waals surface area contributed by atoms with Crippen LogP contribution in [-0.2, 0) is 11.3 Å². The molecule has 2 rings (SSSR count). The number of amides is 1. The third kappa shape index (κ3) is 3.28. The molecule has 0 aromatic carbocycles. The van der Waals surface area contributed by atoms with E-state index in [0.29, 0.717) is 0 Å². The summed E-state index contributed by atoms with van der Waals surface area (Å²) in [5.41, 5.74) is 0.776. The maximum atomic E-state index is 11.9. The van der Waals surface area contributed by atoms with E-state index in [1.165, 1.54) is 0 Å². The Balaban J connectivity index is 1.98. The molecule has 5 nitrogen and oxygen atoms in total. The molecule has 2 N–H and O–H groups in total. The van der Waals surface area contributed by atoms with Gasteiger partial charge < -0.3 is 10.6 Å². The monoisotopic (exact) mass is 276 g/mol. The SMILES string of the molecule is CCNc1cccc(CN2CCC(C)(C(=O)NC)C2)n1. The smallest absolute Gasteiger partial charge is 0.227 e.